The summed E-state index contributed by atoms with van der Waals surface area (Å²) in [5.74, 6) is 0. The Kier molecular flexibility index (Phi) is 2.78. The third kappa shape index (κ3) is 2.39. The Labute approximate surface area is 92.6 Å². The van der Waals surface area contributed by atoms with Crippen LogP contribution in [0.1, 0.15) is 6.42 Å². The Morgan fingerprint density at radius 1 is 1.13 bits per heavy atom. The van der Waals surface area contributed by atoms with Crippen molar-refractivity contribution in [3.63, 3.8) is 0 Å². The van der Waals surface area contributed by atoms with Gasteiger partial charge in [0.1, 0.15) is 0 Å². The van der Waals surface area contributed by atoms with Crippen molar-refractivity contribution in [2.45, 2.75) is 19.5 Å². The molecule has 0 atom stereocenters. The van der Waals surface area contributed by atoms with Gasteiger partial charge in [0.15, 0.2) is 8.24 Å². The van der Waals surface area contributed by atoms with Gasteiger partial charge in [0.05, 0.1) is 0 Å². The first-order chi connectivity index (χ1) is 7.18. The second kappa shape index (κ2) is 4.07. The van der Waals surface area contributed by atoms with Crippen LogP contribution in [0.25, 0.3) is 0 Å². The van der Waals surface area contributed by atoms with Crippen molar-refractivity contribution in [1.82, 2.24) is 0 Å². The molecule has 1 aliphatic carbocycles. The van der Waals surface area contributed by atoms with Gasteiger partial charge in [-0.1, -0.05) is 41.6 Å². The van der Waals surface area contributed by atoms with Gasteiger partial charge < -0.3 is 4.98 Å². The molecule has 15 heavy (non-hydrogen) atoms. The van der Waals surface area contributed by atoms with E-state index in [9.17, 15) is 0 Å². The standard InChI is InChI=1S/C13H17NSi/c1-15(2,13-10-6-7-11-13)14-12-8-4-3-5-9-12/h3-10,14H,11H2,1-2H3. The van der Waals surface area contributed by atoms with E-state index >= 15 is 0 Å². The van der Waals surface area contributed by atoms with Gasteiger partial charge in [-0.2, -0.15) is 0 Å². The molecule has 0 bridgehead atoms. The van der Waals surface area contributed by atoms with E-state index in [0.29, 0.717) is 0 Å². The van der Waals surface area contributed by atoms with Crippen LogP contribution in [0.4, 0.5) is 5.69 Å². The van der Waals surface area contributed by atoms with Crippen LogP contribution in [0.15, 0.2) is 53.8 Å². The summed E-state index contributed by atoms with van der Waals surface area (Å²) in [6, 6.07) is 10.5. The molecular formula is C13H17NSi. The number of benzene rings is 1. The summed E-state index contributed by atoms with van der Waals surface area (Å²) in [5, 5.41) is 1.58. The molecule has 0 amide bonds. The molecule has 2 heteroatoms. The van der Waals surface area contributed by atoms with E-state index in [-0.39, 0.29) is 0 Å². The minimum absolute atomic E-state index is 1.12. The summed E-state index contributed by atoms with van der Waals surface area (Å²) in [6.07, 6.45) is 7.79. The first kappa shape index (κ1) is 10.2. The average molecular weight is 215 g/mol. The smallest absolute Gasteiger partial charge is 0.175 e. The van der Waals surface area contributed by atoms with Gasteiger partial charge in [-0.25, -0.2) is 0 Å². The summed E-state index contributed by atoms with van der Waals surface area (Å²) in [6.45, 7) is 4.72. The Morgan fingerprint density at radius 3 is 2.47 bits per heavy atom. The monoisotopic (exact) mass is 215 g/mol. The maximum absolute atomic E-state index is 3.69. The van der Waals surface area contributed by atoms with Gasteiger partial charge in [0.25, 0.3) is 0 Å². The lowest BCUT2D eigenvalue weighted by atomic mass is 10.3. The average Bonchev–Trinajstić information content (AvgIpc) is 2.71. The lowest BCUT2D eigenvalue weighted by Gasteiger charge is -2.26. The van der Waals surface area contributed by atoms with E-state index in [0.717, 1.165) is 6.42 Å². The highest BCUT2D eigenvalue weighted by Crippen LogP contribution is 2.24. The molecule has 1 N–H and O–H groups in total. The summed E-state index contributed by atoms with van der Waals surface area (Å²) >= 11 is 0. The zero-order chi connectivity index (χ0) is 10.7. The van der Waals surface area contributed by atoms with Gasteiger partial charge in [0.2, 0.25) is 0 Å². The highest BCUT2D eigenvalue weighted by molar-refractivity contribution is 6.87. The maximum Gasteiger partial charge on any atom is 0.175 e. The van der Waals surface area contributed by atoms with E-state index in [2.05, 4.69) is 66.6 Å². The fourth-order valence-corrected chi connectivity index (χ4v) is 4.06. The highest BCUT2D eigenvalue weighted by atomic mass is 28.3. The van der Waals surface area contributed by atoms with Gasteiger partial charge in [-0.3, -0.25) is 0 Å². The molecule has 0 heterocycles. The van der Waals surface area contributed by atoms with E-state index in [1.54, 1.807) is 5.20 Å². The third-order valence-corrected chi connectivity index (χ3v) is 5.69. The summed E-state index contributed by atoms with van der Waals surface area (Å²) in [4.78, 5) is 3.69. The fourth-order valence-electron chi connectivity index (χ4n) is 1.87. The predicted octanol–water partition coefficient (Wildman–Crippen LogP) is 3.73. The molecule has 0 fully saturated rings. The summed E-state index contributed by atoms with van der Waals surface area (Å²) in [5.41, 5.74) is 1.24. The first-order valence-electron chi connectivity index (χ1n) is 5.38. The van der Waals surface area contributed by atoms with E-state index in [4.69, 9.17) is 0 Å². The summed E-state index contributed by atoms with van der Waals surface area (Å²) in [7, 11) is -1.46. The zero-order valence-corrected chi connectivity index (χ0v) is 10.3. The quantitative estimate of drug-likeness (QED) is 0.758. The van der Waals surface area contributed by atoms with Crippen molar-refractivity contribution in [2.75, 3.05) is 4.98 Å². The van der Waals surface area contributed by atoms with E-state index < -0.39 is 8.24 Å². The number of anilines is 1. The van der Waals surface area contributed by atoms with Gasteiger partial charge in [-0.05, 0) is 31.6 Å². The molecule has 0 aliphatic heterocycles. The van der Waals surface area contributed by atoms with Crippen LogP contribution >= 0.6 is 0 Å². The largest absolute Gasteiger partial charge is 0.407 e. The predicted molar refractivity (Wildman–Crippen MR) is 69.4 cm³/mol. The minimum Gasteiger partial charge on any atom is -0.407 e. The molecule has 0 radical (unpaired) electrons. The fraction of sp³-hybridized carbons (Fsp3) is 0.231. The van der Waals surface area contributed by atoms with Crippen molar-refractivity contribution < 1.29 is 0 Å². The van der Waals surface area contributed by atoms with Crippen LogP contribution in [-0.4, -0.2) is 8.24 Å². The van der Waals surface area contributed by atoms with Crippen molar-refractivity contribution >= 4 is 13.9 Å². The molecule has 0 spiro atoms. The first-order valence-corrected chi connectivity index (χ1v) is 8.38. The van der Waals surface area contributed by atoms with Crippen molar-refractivity contribution in [2.24, 2.45) is 0 Å². The molecule has 0 saturated heterocycles. The van der Waals surface area contributed by atoms with Gasteiger partial charge in [-0.15, -0.1) is 0 Å². The number of hydrogen-bond acceptors (Lipinski definition) is 1. The molecule has 78 valence electrons. The molecule has 1 aliphatic rings. The lowest BCUT2D eigenvalue weighted by Crippen LogP contribution is -2.39. The van der Waals surface area contributed by atoms with Crippen molar-refractivity contribution in [1.29, 1.82) is 0 Å². The Bertz CT molecular complexity index is 390. The van der Waals surface area contributed by atoms with Crippen LogP contribution in [-0.2, 0) is 0 Å². The highest BCUT2D eigenvalue weighted by Gasteiger charge is 2.26. The minimum atomic E-state index is -1.46. The molecule has 1 aromatic rings. The van der Waals surface area contributed by atoms with Crippen LogP contribution in [0.5, 0.6) is 0 Å². The van der Waals surface area contributed by atoms with E-state index in [1.165, 1.54) is 5.69 Å². The molecule has 0 saturated carbocycles. The number of nitrogens with one attached hydrogen (secondary N) is 1. The SMILES string of the molecule is C[Si](C)(Nc1ccccc1)C1=CC=CC1. The Morgan fingerprint density at radius 2 is 1.87 bits per heavy atom. The molecule has 1 nitrogen and oxygen atoms in total. The Balaban J connectivity index is 2.11. The number of para-hydroxylation sites is 1. The Hall–Kier alpha value is -1.28. The van der Waals surface area contributed by atoms with Crippen molar-refractivity contribution in [3.8, 4) is 0 Å². The third-order valence-electron chi connectivity index (χ3n) is 2.80. The van der Waals surface area contributed by atoms with Crippen LogP contribution in [0, 0.1) is 0 Å². The summed E-state index contributed by atoms with van der Waals surface area (Å²) < 4.78 is 0. The molecule has 0 unspecified atom stereocenters. The molecule has 1 aromatic carbocycles. The normalized spacial score (nSPS) is 15.2. The van der Waals surface area contributed by atoms with Gasteiger partial charge >= 0.3 is 0 Å². The molecule has 2 rings (SSSR count). The van der Waals surface area contributed by atoms with Crippen LogP contribution in [0.3, 0.4) is 0 Å². The van der Waals surface area contributed by atoms with Crippen molar-refractivity contribution in [3.05, 3.63) is 53.8 Å². The van der Waals surface area contributed by atoms with Gasteiger partial charge in [0, 0.05) is 5.69 Å². The van der Waals surface area contributed by atoms with Crippen LogP contribution in [0.2, 0.25) is 13.1 Å². The number of allylic oxidation sites excluding steroid dienone is 4. The van der Waals surface area contributed by atoms with E-state index in [1.807, 2.05) is 0 Å². The second-order valence-corrected chi connectivity index (χ2v) is 8.58. The lowest BCUT2D eigenvalue weighted by molar-refractivity contribution is 1.34. The molecular weight excluding hydrogens is 198 g/mol. The zero-order valence-electron chi connectivity index (χ0n) is 9.33. The second-order valence-electron chi connectivity index (χ2n) is 4.44. The molecule has 0 aromatic heterocycles. The maximum atomic E-state index is 3.69. The number of rotatable bonds is 3. The topological polar surface area (TPSA) is 12.0 Å². The number of hydrogen-bond donors (Lipinski definition) is 1. The van der Waals surface area contributed by atoms with Crippen LogP contribution < -0.4 is 4.98 Å².